The van der Waals surface area contributed by atoms with Gasteiger partial charge in [0.25, 0.3) is 0 Å². The fourth-order valence-corrected chi connectivity index (χ4v) is 1.92. The first-order valence-corrected chi connectivity index (χ1v) is 6.40. The highest BCUT2D eigenvalue weighted by Crippen LogP contribution is 2.15. The maximum atomic E-state index is 4.37. The maximum absolute atomic E-state index is 4.37. The van der Waals surface area contributed by atoms with Gasteiger partial charge in [0.05, 0.1) is 24.3 Å². The summed E-state index contributed by atoms with van der Waals surface area (Å²) in [6, 6.07) is 9.93. The quantitative estimate of drug-likeness (QED) is 0.787. The van der Waals surface area contributed by atoms with Crippen molar-refractivity contribution in [1.82, 2.24) is 19.7 Å². The summed E-state index contributed by atoms with van der Waals surface area (Å²) < 4.78 is 1.78. The lowest BCUT2D eigenvalue weighted by molar-refractivity contribution is 0.767. The minimum Gasteiger partial charge on any atom is -0.378 e. The van der Waals surface area contributed by atoms with E-state index in [-0.39, 0.29) is 0 Å². The SMILES string of the molecule is Cn1cc(CNc2cnc(-c3ccccc3)nc2)cn1. The van der Waals surface area contributed by atoms with Crippen molar-refractivity contribution in [3.63, 3.8) is 0 Å². The molecule has 0 fully saturated rings. The van der Waals surface area contributed by atoms with Gasteiger partial charge < -0.3 is 5.32 Å². The molecule has 1 N–H and O–H groups in total. The third kappa shape index (κ3) is 2.83. The molecule has 2 aromatic heterocycles. The van der Waals surface area contributed by atoms with E-state index in [4.69, 9.17) is 0 Å². The van der Waals surface area contributed by atoms with Crippen LogP contribution in [0.3, 0.4) is 0 Å². The summed E-state index contributed by atoms with van der Waals surface area (Å²) >= 11 is 0. The zero-order valence-electron chi connectivity index (χ0n) is 11.2. The third-order valence-corrected chi connectivity index (χ3v) is 2.94. The van der Waals surface area contributed by atoms with E-state index in [0.717, 1.165) is 22.6 Å². The molecule has 1 aromatic carbocycles. The van der Waals surface area contributed by atoms with Crippen LogP contribution in [-0.2, 0) is 13.6 Å². The van der Waals surface area contributed by atoms with Crippen molar-refractivity contribution in [2.24, 2.45) is 7.05 Å². The Morgan fingerprint density at radius 2 is 1.80 bits per heavy atom. The first-order valence-electron chi connectivity index (χ1n) is 6.40. The Morgan fingerprint density at radius 1 is 1.05 bits per heavy atom. The second kappa shape index (κ2) is 5.52. The van der Waals surface area contributed by atoms with Crippen LogP contribution in [0.25, 0.3) is 11.4 Å². The van der Waals surface area contributed by atoms with Gasteiger partial charge in [-0.25, -0.2) is 9.97 Å². The van der Waals surface area contributed by atoms with Crippen LogP contribution in [-0.4, -0.2) is 19.7 Å². The number of benzene rings is 1. The molecule has 0 unspecified atom stereocenters. The summed E-state index contributed by atoms with van der Waals surface area (Å²) in [5, 5.41) is 7.40. The average Bonchev–Trinajstić information content (AvgIpc) is 2.92. The number of rotatable bonds is 4. The predicted molar refractivity (Wildman–Crippen MR) is 78.0 cm³/mol. The molecule has 0 aliphatic carbocycles. The van der Waals surface area contributed by atoms with Crippen molar-refractivity contribution in [3.8, 4) is 11.4 Å². The second-order valence-corrected chi connectivity index (χ2v) is 4.54. The van der Waals surface area contributed by atoms with Crippen LogP contribution in [0.15, 0.2) is 55.1 Å². The van der Waals surface area contributed by atoms with E-state index in [9.17, 15) is 0 Å². The van der Waals surface area contributed by atoms with Gasteiger partial charge in [-0.3, -0.25) is 4.68 Å². The van der Waals surface area contributed by atoms with Crippen LogP contribution in [0.4, 0.5) is 5.69 Å². The molecule has 0 aliphatic rings. The molecule has 20 heavy (non-hydrogen) atoms. The van der Waals surface area contributed by atoms with Gasteiger partial charge in [0.15, 0.2) is 5.82 Å². The van der Waals surface area contributed by atoms with E-state index in [1.165, 1.54) is 0 Å². The van der Waals surface area contributed by atoms with Gasteiger partial charge in [0.1, 0.15) is 0 Å². The van der Waals surface area contributed by atoms with Crippen LogP contribution in [0, 0.1) is 0 Å². The first kappa shape index (κ1) is 12.3. The number of hydrogen-bond donors (Lipinski definition) is 1. The molecule has 100 valence electrons. The summed E-state index contributed by atoms with van der Waals surface area (Å²) in [5.41, 5.74) is 3.04. The summed E-state index contributed by atoms with van der Waals surface area (Å²) in [5.74, 6) is 0.734. The molecule has 5 heteroatoms. The van der Waals surface area contributed by atoms with Gasteiger partial charge in [-0.1, -0.05) is 30.3 Å². The Bertz CT molecular complexity index is 673. The van der Waals surface area contributed by atoms with E-state index in [0.29, 0.717) is 6.54 Å². The molecule has 0 aliphatic heterocycles. The molecule has 0 amide bonds. The highest BCUT2D eigenvalue weighted by Gasteiger charge is 2.01. The first-order chi connectivity index (χ1) is 9.81. The lowest BCUT2D eigenvalue weighted by Crippen LogP contribution is -2.00. The average molecular weight is 265 g/mol. The minimum absolute atomic E-state index is 0.710. The van der Waals surface area contributed by atoms with Crippen LogP contribution in [0.1, 0.15) is 5.56 Å². The van der Waals surface area contributed by atoms with Crippen LogP contribution in [0.5, 0.6) is 0 Å². The number of aryl methyl sites for hydroxylation is 1. The van der Waals surface area contributed by atoms with Crippen molar-refractivity contribution in [2.75, 3.05) is 5.32 Å². The van der Waals surface area contributed by atoms with E-state index in [2.05, 4.69) is 20.4 Å². The Labute approximate surface area is 117 Å². The van der Waals surface area contributed by atoms with Gasteiger partial charge in [-0.2, -0.15) is 5.10 Å². The van der Waals surface area contributed by atoms with E-state index < -0.39 is 0 Å². The predicted octanol–water partition coefficient (Wildman–Crippen LogP) is 2.49. The molecule has 3 rings (SSSR count). The highest BCUT2D eigenvalue weighted by molar-refractivity contribution is 5.55. The molecule has 0 spiro atoms. The normalized spacial score (nSPS) is 10.4. The molecule has 0 saturated heterocycles. The molecular formula is C15H15N5. The Balaban J connectivity index is 1.67. The topological polar surface area (TPSA) is 55.6 Å². The van der Waals surface area contributed by atoms with Crippen molar-refractivity contribution in [3.05, 3.63) is 60.7 Å². The zero-order chi connectivity index (χ0) is 13.8. The van der Waals surface area contributed by atoms with Gasteiger partial charge in [0, 0.05) is 30.9 Å². The highest BCUT2D eigenvalue weighted by atomic mass is 15.2. The fraction of sp³-hybridized carbons (Fsp3) is 0.133. The Hall–Kier alpha value is -2.69. The van der Waals surface area contributed by atoms with Gasteiger partial charge in [-0.15, -0.1) is 0 Å². The van der Waals surface area contributed by atoms with E-state index in [1.54, 1.807) is 17.1 Å². The van der Waals surface area contributed by atoms with Crippen molar-refractivity contribution < 1.29 is 0 Å². The van der Waals surface area contributed by atoms with E-state index in [1.807, 2.05) is 49.8 Å². The van der Waals surface area contributed by atoms with Crippen LogP contribution >= 0.6 is 0 Å². The molecule has 0 saturated carbocycles. The number of nitrogens with zero attached hydrogens (tertiary/aromatic N) is 4. The molecule has 5 nitrogen and oxygen atoms in total. The van der Waals surface area contributed by atoms with Crippen molar-refractivity contribution >= 4 is 5.69 Å². The van der Waals surface area contributed by atoms with Gasteiger partial charge in [0.2, 0.25) is 0 Å². The zero-order valence-corrected chi connectivity index (χ0v) is 11.2. The van der Waals surface area contributed by atoms with Gasteiger partial charge >= 0.3 is 0 Å². The lowest BCUT2D eigenvalue weighted by Gasteiger charge is -2.05. The number of anilines is 1. The standard InChI is InChI=1S/C15H15N5/c1-20-11-12(8-19-20)7-16-14-9-17-15(18-10-14)13-5-3-2-4-6-13/h2-6,8-11,16H,7H2,1H3. The molecule has 2 heterocycles. The summed E-state index contributed by atoms with van der Waals surface area (Å²) in [4.78, 5) is 8.74. The van der Waals surface area contributed by atoms with Crippen molar-refractivity contribution in [2.45, 2.75) is 6.54 Å². The third-order valence-electron chi connectivity index (χ3n) is 2.94. The molecule has 0 radical (unpaired) electrons. The molecule has 0 atom stereocenters. The minimum atomic E-state index is 0.710. The lowest BCUT2D eigenvalue weighted by atomic mass is 10.2. The Kier molecular flexibility index (Phi) is 3.41. The number of aromatic nitrogens is 4. The maximum Gasteiger partial charge on any atom is 0.159 e. The number of nitrogens with one attached hydrogen (secondary N) is 1. The Morgan fingerprint density at radius 3 is 2.45 bits per heavy atom. The van der Waals surface area contributed by atoms with Crippen molar-refractivity contribution in [1.29, 1.82) is 0 Å². The van der Waals surface area contributed by atoms with Crippen LogP contribution in [0.2, 0.25) is 0 Å². The molecule has 3 aromatic rings. The monoisotopic (exact) mass is 265 g/mol. The smallest absolute Gasteiger partial charge is 0.159 e. The largest absolute Gasteiger partial charge is 0.378 e. The van der Waals surface area contributed by atoms with E-state index >= 15 is 0 Å². The molecular weight excluding hydrogens is 250 g/mol. The van der Waals surface area contributed by atoms with Crippen LogP contribution < -0.4 is 5.32 Å². The molecule has 0 bridgehead atoms. The summed E-state index contributed by atoms with van der Waals surface area (Å²) in [6.07, 6.45) is 7.41. The fourth-order valence-electron chi connectivity index (χ4n) is 1.92. The number of hydrogen-bond acceptors (Lipinski definition) is 4. The second-order valence-electron chi connectivity index (χ2n) is 4.54. The van der Waals surface area contributed by atoms with Gasteiger partial charge in [-0.05, 0) is 0 Å². The summed E-state index contributed by atoms with van der Waals surface area (Å²) in [6.45, 7) is 0.710. The summed E-state index contributed by atoms with van der Waals surface area (Å²) in [7, 11) is 1.90.